The lowest BCUT2D eigenvalue weighted by Crippen LogP contribution is -2.63. The minimum absolute atomic E-state index is 0.147. The fraction of sp³-hybridized carbons (Fsp3) is 0.478. The van der Waals surface area contributed by atoms with E-state index in [0.29, 0.717) is 48.9 Å². The summed E-state index contributed by atoms with van der Waals surface area (Å²) in [6, 6.07) is 10.3. The topological polar surface area (TPSA) is 92.0 Å². The minimum Gasteiger partial charge on any atom is -0.451 e. The van der Waals surface area contributed by atoms with Gasteiger partial charge in [0.1, 0.15) is 11.4 Å². The molecule has 166 valence electrons. The average Bonchev–Trinajstić information content (AvgIpc) is 3.22. The molecule has 1 spiro atoms. The first kappa shape index (κ1) is 21.9. The third-order valence-electron chi connectivity index (χ3n) is 6.28. The number of hydrogen-bond donors (Lipinski definition) is 2. The van der Waals surface area contributed by atoms with Gasteiger partial charge in [0.05, 0.1) is 18.2 Å². The van der Waals surface area contributed by atoms with Gasteiger partial charge in [-0.25, -0.2) is 0 Å². The van der Waals surface area contributed by atoms with E-state index >= 15 is 0 Å². The number of nitrogens with one attached hydrogen (secondary N) is 1. The van der Waals surface area contributed by atoms with Crippen molar-refractivity contribution in [3.63, 3.8) is 0 Å². The molecule has 2 amide bonds. The molecule has 0 unspecified atom stereocenters. The zero-order valence-corrected chi connectivity index (χ0v) is 18.4. The van der Waals surface area contributed by atoms with E-state index in [4.69, 9.17) is 20.8 Å². The normalized spacial score (nSPS) is 25.4. The Morgan fingerprint density at radius 2 is 1.84 bits per heavy atom. The first-order valence-electron chi connectivity index (χ1n) is 10.5. The van der Waals surface area contributed by atoms with E-state index < -0.39 is 11.2 Å². The molecule has 0 bridgehead atoms. The number of hydrogen-bond acceptors (Lipinski definition) is 5. The number of aliphatic hydroxyl groups is 1. The number of nitrogens with zero attached hydrogens (tertiary/aromatic N) is 1. The number of ether oxygens (including phenoxy) is 1. The third kappa shape index (κ3) is 4.63. The van der Waals surface area contributed by atoms with Gasteiger partial charge in [0.25, 0.3) is 5.91 Å². The maximum atomic E-state index is 13.0. The van der Waals surface area contributed by atoms with Crippen molar-refractivity contribution in [1.29, 1.82) is 0 Å². The van der Waals surface area contributed by atoms with Crippen LogP contribution >= 0.6 is 11.6 Å². The van der Waals surface area contributed by atoms with Gasteiger partial charge < -0.3 is 24.5 Å². The van der Waals surface area contributed by atoms with Gasteiger partial charge in [-0.2, -0.15) is 0 Å². The number of amides is 2. The summed E-state index contributed by atoms with van der Waals surface area (Å²) in [6.07, 6.45) is 1.79. The van der Waals surface area contributed by atoms with Crippen LogP contribution in [0, 0.1) is 0 Å². The summed E-state index contributed by atoms with van der Waals surface area (Å²) in [5.74, 6) is 0.578. The Morgan fingerprint density at radius 1 is 1.16 bits per heavy atom. The van der Waals surface area contributed by atoms with Crippen molar-refractivity contribution in [1.82, 2.24) is 10.2 Å². The highest BCUT2D eigenvalue weighted by atomic mass is 35.5. The van der Waals surface area contributed by atoms with Crippen LogP contribution in [0.15, 0.2) is 40.8 Å². The van der Waals surface area contributed by atoms with Crippen LogP contribution in [-0.2, 0) is 9.53 Å². The summed E-state index contributed by atoms with van der Waals surface area (Å²) in [4.78, 5) is 26.3. The Labute approximate surface area is 186 Å². The second kappa shape index (κ2) is 8.30. The molecular weight excluding hydrogens is 420 g/mol. The van der Waals surface area contributed by atoms with E-state index in [-0.39, 0.29) is 24.5 Å². The molecule has 8 heteroatoms. The average molecular weight is 447 g/mol. The van der Waals surface area contributed by atoms with Gasteiger partial charge in [-0.05, 0) is 62.6 Å². The van der Waals surface area contributed by atoms with E-state index in [2.05, 4.69) is 5.32 Å². The SMILES string of the molecule is CC(=O)N[C@H]1CC2(CCN(C(=O)c3ccc(-c4ccc(Cl)cc4)o3)CC2)OC[C@]1(C)O. The molecule has 2 aromatic rings. The van der Waals surface area contributed by atoms with Gasteiger partial charge in [-0.15, -0.1) is 0 Å². The van der Waals surface area contributed by atoms with Crippen LogP contribution in [0.25, 0.3) is 11.3 Å². The van der Waals surface area contributed by atoms with Crippen LogP contribution in [0.1, 0.15) is 43.7 Å². The van der Waals surface area contributed by atoms with Gasteiger partial charge in [0.15, 0.2) is 5.76 Å². The van der Waals surface area contributed by atoms with Gasteiger partial charge in [-0.1, -0.05) is 11.6 Å². The second-order valence-corrected chi connectivity index (χ2v) is 9.19. The standard InChI is InChI=1S/C23H27ClN2O5/c1-15(27)25-20-13-23(30-14-22(20,2)29)9-11-26(12-10-23)21(28)19-8-7-18(31-19)16-3-5-17(24)6-4-16/h3-8,20,29H,9-14H2,1-2H3,(H,25,27)/t20-,22-/m0/s1. The summed E-state index contributed by atoms with van der Waals surface area (Å²) in [6.45, 7) is 4.31. The van der Waals surface area contributed by atoms with E-state index in [1.54, 1.807) is 36.1 Å². The molecule has 2 fully saturated rings. The number of carbonyl (C=O) groups excluding carboxylic acids is 2. The summed E-state index contributed by atoms with van der Waals surface area (Å²) in [7, 11) is 0. The van der Waals surface area contributed by atoms with Crippen molar-refractivity contribution in [3.05, 3.63) is 47.2 Å². The zero-order chi connectivity index (χ0) is 22.2. The molecule has 2 N–H and O–H groups in total. The number of likely N-dealkylation sites (tertiary alicyclic amines) is 1. The van der Waals surface area contributed by atoms with Crippen LogP contribution in [0.4, 0.5) is 0 Å². The van der Waals surface area contributed by atoms with Crippen LogP contribution in [0.5, 0.6) is 0 Å². The highest BCUT2D eigenvalue weighted by molar-refractivity contribution is 6.30. The molecule has 1 aromatic carbocycles. The predicted molar refractivity (Wildman–Crippen MR) is 116 cm³/mol. The monoisotopic (exact) mass is 446 g/mol. The molecule has 31 heavy (non-hydrogen) atoms. The van der Waals surface area contributed by atoms with E-state index in [1.165, 1.54) is 6.92 Å². The molecular formula is C23H27ClN2O5. The lowest BCUT2D eigenvalue weighted by Gasteiger charge is -2.50. The summed E-state index contributed by atoms with van der Waals surface area (Å²) in [5.41, 5.74) is -0.715. The number of carbonyl (C=O) groups is 2. The Bertz CT molecular complexity index is 961. The van der Waals surface area contributed by atoms with Gasteiger partial charge in [-0.3, -0.25) is 9.59 Å². The van der Waals surface area contributed by atoms with Crippen molar-refractivity contribution in [2.45, 2.75) is 50.4 Å². The molecule has 3 heterocycles. The summed E-state index contributed by atoms with van der Waals surface area (Å²) < 4.78 is 11.9. The molecule has 0 saturated carbocycles. The number of furan rings is 1. The Hall–Kier alpha value is -2.35. The van der Waals surface area contributed by atoms with Crippen molar-refractivity contribution in [2.24, 2.45) is 0 Å². The summed E-state index contributed by atoms with van der Waals surface area (Å²) >= 11 is 5.93. The zero-order valence-electron chi connectivity index (χ0n) is 17.7. The van der Waals surface area contributed by atoms with Gasteiger partial charge in [0.2, 0.25) is 5.91 Å². The molecule has 2 saturated heterocycles. The van der Waals surface area contributed by atoms with Crippen molar-refractivity contribution < 1.29 is 23.8 Å². The molecule has 0 aliphatic carbocycles. The van der Waals surface area contributed by atoms with E-state index in [9.17, 15) is 14.7 Å². The highest BCUT2D eigenvalue weighted by Crippen LogP contribution is 2.38. The number of halogens is 1. The molecule has 4 rings (SSSR count). The maximum Gasteiger partial charge on any atom is 0.289 e. The van der Waals surface area contributed by atoms with Crippen LogP contribution < -0.4 is 5.32 Å². The first-order valence-corrected chi connectivity index (χ1v) is 10.8. The third-order valence-corrected chi connectivity index (χ3v) is 6.53. The van der Waals surface area contributed by atoms with E-state index in [0.717, 1.165) is 5.56 Å². The highest BCUT2D eigenvalue weighted by Gasteiger charge is 2.49. The number of piperidine rings is 1. The smallest absolute Gasteiger partial charge is 0.289 e. The lowest BCUT2D eigenvalue weighted by molar-refractivity contribution is -0.191. The Balaban J connectivity index is 1.40. The number of rotatable bonds is 3. The van der Waals surface area contributed by atoms with Crippen LogP contribution in [-0.4, -0.2) is 58.8 Å². The minimum atomic E-state index is -1.11. The predicted octanol–water partition coefficient (Wildman–Crippen LogP) is 3.25. The van der Waals surface area contributed by atoms with Crippen molar-refractivity contribution >= 4 is 23.4 Å². The molecule has 2 aliphatic rings. The largest absolute Gasteiger partial charge is 0.451 e. The van der Waals surface area contributed by atoms with Crippen LogP contribution in [0.2, 0.25) is 5.02 Å². The summed E-state index contributed by atoms with van der Waals surface area (Å²) in [5, 5.41) is 14.1. The van der Waals surface area contributed by atoms with E-state index in [1.807, 2.05) is 12.1 Å². The molecule has 1 aromatic heterocycles. The maximum absolute atomic E-state index is 13.0. The number of benzene rings is 1. The molecule has 2 atom stereocenters. The van der Waals surface area contributed by atoms with Crippen molar-refractivity contribution in [3.8, 4) is 11.3 Å². The Kier molecular flexibility index (Phi) is 5.85. The Morgan fingerprint density at radius 3 is 2.48 bits per heavy atom. The molecule has 7 nitrogen and oxygen atoms in total. The fourth-order valence-electron chi connectivity index (χ4n) is 4.35. The molecule has 2 aliphatic heterocycles. The van der Waals surface area contributed by atoms with Gasteiger partial charge in [0, 0.05) is 30.6 Å². The van der Waals surface area contributed by atoms with Gasteiger partial charge >= 0.3 is 0 Å². The lowest BCUT2D eigenvalue weighted by atomic mass is 9.77. The van der Waals surface area contributed by atoms with Crippen LogP contribution in [0.3, 0.4) is 0 Å². The second-order valence-electron chi connectivity index (χ2n) is 8.75. The quantitative estimate of drug-likeness (QED) is 0.755. The fourth-order valence-corrected chi connectivity index (χ4v) is 4.47. The molecule has 0 radical (unpaired) electrons. The van der Waals surface area contributed by atoms with Crippen molar-refractivity contribution in [2.75, 3.05) is 19.7 Å². The first-order chi connectivity index (χ1) is 14.7.